The Hall–Kier alpha value is -3.40. The molecule has 5 heterocycles. The molecule has 5 aliphatic rings. The molecule has 0 aromatic heterocycles. The Balaban J connectivity index is 1.66. The first-order chi connectivity index (χ1) is 12.7. The minimum atomic E-state index is 0.897. The van der Waals surface area contributed by atoms with Crippen molar-refractivity contribution in [1.82, 2.24) is 0 Å². The number of nitrogens with zero attached hydrogens (tertiary/aromatic N) is 4. The summed E-state index contributed by atoms with van der Waals surface area (Å²) in [6.07, 6.45) is 23.1. The molecule has 0 fully saturated rings. The van der Waals surface area contributed by atoms with Crippen LogP contribution in [0.4, 0.5) is 0 Å². The number of fused-ring (bicyclic) bond motifs is 4. The van der Waals surface area contributed by atoms with Gasteiger partial charge in [-0.1, -0.05) is 6.92 Å². The van der Waals surface area contributed by atoms with Crippen LogP contribution >= 0.6 is 0 Å². The largest absolute Gasteiger partial charge is 0.249 e. The maximum Gasteiger partial charge on any atom is 0.0691 e. The fourth-order valence-corrected chi connectivity index (χ4v) is 3.24. The molecule has 5 aliphatic heterocycles. The van der Waals surface area contributed by atoms with Gasteiger partial charge in [-0.2, -0.15) is 0 Å². The van der Waals surface area contributed by atoms with Crippen LogP contribution in [0, 0.1) is 0 Å². The fourth-order valence-electron chi connectivity index (χ4n) is 3.24. The van der Waals surface area contributed by atoms with Gasteiger partial charge in [-0.05, 0) is 78.8 Å². The molecule has 0 unspecified atom stereocenters. The minimum absolute atomic E-state index is 0.897. The summed E-state index contributed by atoms with van der Waals surface area (Å²) >= 11 is 0. The summed E-state index contributed by atoms with van der Waals surface area (Å²) in [5, 5.41) is 0. The second-order valence-corrected chi connectivity index (χ2v) is 6.41. The first-order valence-electron chi connectivity index (χ1n) is 8.72. The van der Waals surface area contributed by atoms with E-state index in [1.807, 2.05) is 60.8 Å². The number of hydrogen-bond donors (Lipinski definition) is 0. The summed E-state index contributed by atoms with van der Waals surface area (Å²) in [6.45, 7) is 2.14. The van der Waals surface area contributed by atoms with Gasteiger partial charge in [0.25, 0.3) is 0 Å². The highest BCUT2D eigenvalue weighted by molar-refractivity contribution is 6.15. The predicted molar refractivity (Wildman–Crippen MR) is 108 cm³/mol. The molecular weight excluding hydrogens is 320 g/mol. The second kappa shape index (κ2) is 5.85. The molecule has 0 saturated heterocycles. The van der Waals surface area contributed by atoms with Crippen molar-refractivity contribution in [3.05, 3.63) is 95.2 Å². The van der Waals surface area contributed by atoms with Crippen molar-refractivity contribution in [3.8, 4) is 0 Å². The first kappa shape index (κ1) is 14.9. The van der Waals surface area contributed by atoms with E-state index in [0.717, 1.165) is 52.1 Å². The van der Waals surface area contributed by atoms with Crippen LogP contribution in [0.2, 0.25) is 0 Å². The van der Waals surface area contributed by atoms with E-state index in [4.69, 9.17) is 4.99 Å². The van der Waals surface area contributed by atoms with E-state index in [2.05, 4.69) is 28.0 Å². The Morgan fingerprint density at radius 2 is 1.04 bits per heavy atom. The SMILES string of the molecule is CCC1=CC2=NC1=CC1=NC(=CC3=NC(=CC4=NC(=C2)C=C4)C=C3)C=C1. The summed E-state index contributed by atoms with van der Waals surface area (Å²) in [6, 6.07) is 0. The summed E-state index contributed by atoms with van der Waals surface area (Å²) in [7, 11) is 0. The van der Waals surface area contributed by atoms with Crippen LogP contribution in [0.5, 0.6) is 0 Å². The lowest BCUT2D eigenvalue weighted by atomic mass is 10.1. The number of rotatable bonds is 1. The highest BCUT2D eigenvalue weighted by Gasteiger charge is 2.15. The highest BCUT2D eigenvalue weighted by atomic mass is 14.8. The molecule has 124 valence electrons. The second-order valence-electron chi connectivity index (χ2n) is 6.41. The van der Waals surface area contributed by atoms with Crippen molar-refractivity contribution >= 4 is 22.8 Å². The van der Waals surface area contributed by atoms with E-state index < -0.39 is 0 Å². The third-order valence-corrected chi connectivity index (χ3v) is 4.50. The van der Waals surface area contributed by atoms with Crippen molar-refractivity contribution in [1.29, 1.82) is 0 Å². The molecule has 4 nitrogen and oxygen atoms in total. The summed E-state index contributed by atoms with van der Waals surface area (Å²) in [5.41, 5.74) is 8.53. The maximum atomic E-state index is 4.77. The van der Waals surface area contributed by atoms with Crippen LogP contribution in [-0.4, -0.2) is 22.8 Å². The zero-order chi connectivity index (χ0) is 17.5. The van der Waals surface area contributed by atoms with Crippen LogP contribution in [0.15, 0.2) is 115 Å². The number of allylic oxidation sites excluding steroid dienone is 12. The van der Waals surface area contributed by atoms with Gasteiger partial charge in [0.15, 0.2) is 0 Å². The average Bonchev–Trinajstić information content (AvgIpc) is 3.39. The monoisotopic (exact) mass is 336 g/mol. The molecule has 0 aliphatic carbocycles. The van der Waals surface area contributed by atoms with Crippen molar-refractivity contribution in [2.45, 2.75) is 13.3 Å². The molecule has 0 aromatic rings. The van der Waals surface area contributed by atoms with Gasteiger partial charge >= 0.3 is 0 Å². The van der Waals surface area contributed by atoms with Gasteiger partial charge in [-0.3, -0.25) is 0 Å². The quantitative estimate of drug-likeness (QED) is 0.683. The number of hydrogen-bond acceptors (Lipinski definition) is 4. The molecule has 4 heteroatoms. The molecular formula is C22H16N4. The molecule has 5 rings (SSSR count). The van der Waals surface area contributed by atoms with Gasteiger partial charge in [-0.15, -0.1) is 0 Å². The first-order valence-corrected chi connectivity index (χ1v) is 8.72. The summed E-state index contributed by atoms with van der Waals surface area (Å²) in [5.74, 6) is 0. The highest BCUT2D eigenvalue weighted by Crippen LogP contribution is 2.25. The number of aliphatic imine (C=N–C) groups is 4. The summed E-state index contributed by atoms with van der Waals surface area (Å²) in [4.78, 5) is 18.7. The lowest BCUT2D eigenvalue weighted by Crippen LogP contribution is -1.90. The van der Waals surface area contributed by atoms with Gasteiger partial charge in [0.05, 0.1) is 45.6 Å². The van der Waals surface area contributed by atoms with E-state index in [1.165, 1.54) is 5.57 Å². The minimum Gasteiger partial charge on any atom is -0.249 e. The van der Waals surface area contributed by atoms with E-state index in [1.54, 1.807) is 0 Å². The van der Waals surface area contributed by atoms with Crippen molar-refractivity contribution in [3.63, 3.8) is 0 Å². The predicted octanol–water partition coefficient (Wildman–Crippen LogP) is 4.36. The zero-order valence-corrected chi connectivity index (χ0v) is 14.3. The third kappa shape index (κ3) is 2.75. The van der Waals surface area contributed by atoms with Crippen molar-refractivity contribution in [2.24, 2.45) is 20.0 Å². The van der Waals surface area contributed by atoms with Gasteiger partial charge in [-0.25, -0.2) is 20.0 Å². The fraction of sp³-hybridized carbons (Fsp3) is 0.0909. The molecule has 8 bridgehead atoms. The van der Waals surface area contributed by atoms with E-state index in [9.17, 15) is 0 Å². The molecule has 0 spiro atoms. The van der Waals surface area contributed by atoms with E-state index >= 15 is 0 Å². The maximum absolute atomic E-state index is 4.77. The van der Waals surface area contributed by atoms with Gasteiger partial charge in [0.2, 0.25) is 0 Å². The van der Waals surface area contributed by atoms with Crippen molar-refractivity contribution in [2.75, 3.05) is 0 Å². The zero-order valence-electron chi connectivity index (χ0n) is 14.3. The van der Waals surface area contributed by atoms with Crippen LogP contribution in [0.3, 0.4) is 0 Å². The van der Waals surface area contributed by atoms with Gasteiger partial charge in [0.1, 0.15) is 0 Å². The Bertz CT molecular complexity index is 1090. The Labute approximate surface area is 151 Å². The molecule has 0 N–H and O–H groups in total. The Kier molecular flexibility index (Phi) is 3.35. The van der Waals surface area contributed by atoms with Crippen LogP contribution < -0.4 is 0 Å². The molecule has 0 aromatic carbocycles. The van der Waals surface area contributed by atoms with Crippen LogP contribution in [-0.2, 0) is 0 Å². The van der Waals surface area contributed by atoms with Gasteiger partial charge in [0, 0.05) is 0 Å². The van der Waals surface area contributed by atoms with E-state index in [-0.39, 0.29) is 0 Å². The third-order valence-electron chi connectivity index (χ3n) is 4.50. The Morgan fingerprint density at radius 1 is 0.538 bits per heavy atom. The standard InChI is InChI=1S/C22H16N4/c1-2-14-9-21-12-19-6-5-17(24-19)10-15-3-4-16(23-15)11-18-7-8-20(25-18)13-22(14)26-21/h3-13H,2H2,1H3. The van der Waals surface area contributed by atoms with Crippen LogP contribution in [0.1, 0.15) is 13.3 Å². The molecule has 0 atom stereocenters. The van der Waals surface area contributed by atoms with Crippen LogP contribution in [0.25, 0.3) is 0 Å². The van der Waals surface area contributed by atoms with Gasteiger partial charge < -0.3 is 0 Å². The van der Waals surface area contributed by atoms with Crippen molar-refractivity contribution < 1.29 is 0 Å². The van der Waals surface area contributed by atoms with E-state index in [0.29, 0.717) is 0 Å². The summed E-state index contributed by atoms with van der Waals surface area (Å²) < 4.78 is 0. The molecule has 0 radical (unpaired) electrons. The lowest BCUT2D eigenvalue weighted by Gasteiger charge is -1.98. The normalized spacial score (nSPS) is 22.3. The molecule has 26 heavy (non-hydrogen) atoms. The average molecular weight is 336 g/mol. The topological polar surface area (TPSA) is 49.4 Å². The Morgan fingerprint density at radius 3 is 1.58 bits per heavy atom. The molecule has 0 amide bonds. The lowest BCUT2D eigenvalue weighted by molar-refractivity contribution is 1.11. The smallest absolute Gasteiger partial charge is 0.0691 e. The molecule has 0 saturated carbocycles.